The zero-order chi connectivity index (χ0) is 20.4. The van der Waals surface area contributed by atoms with Crippen molar-refractivity contribution in [3.8, 4) is 6.07 Å². The summed E-state index contributed by atoms with van der Waals surface area (Å²) in [5.74, 6) is -0.798. The lowest BCUT2D eigenvalue weighted by molar-refractivity contribution is -0.127. The molecule has 1 heterocycles. The Bertz CT molecular complexity index is 780. The van der Waals surface area contributed by atoms with Gasteiger partial charge in [-0.3, -0.25) is 9.59 Å². The molecule has 8 heteroatoms. The molecule has 1 saturated heterocycles. The molecule has 0 bridgehead atoms. The second-order valence-electron chi connectivity index (χ2n) is 6.21. The summed E-state index contributed by atoms with van der Waals surface area (Å²) in [6.07, 6.45) is 3.63. The minimum Gasteiger partial charge on any atom is -0.462 e. The molecular formula is C20H24N4O4. The molecule has 148 valence electrons. The maximum atomic E-state index is 12.2. The lowest BCUT2D eigenvalue weighted by Crippen LogP contribution is -2.27. The Balaban J connectivity index is 1.80. The monoisotopic (exact) mass is 384 g/mol. The first-order valence-corrected chi connectivity index (χ1v) is 9.25. The molecule has 0 saturated carbocycles. The maximum Gasteiger partial charge on any atom is 0.338 e. The zero-order valence-corrected chi connectivity index (χ0v) is 15.9. The highest BCUT2D eigenvalue weighted by molar-refractivity contribution is 6.06. The third kappa shape index (κ3) is 6.13. The molecule has 0 aliphatic carbocycles. The van der Waals surface area contributed by atoms with Crippen LogP contribution in [0.2, 0.25) is 0 Å². The highest BCUT2D eigenvalue weighted by Crippen LogP contribution is 2.12. The lowest BCUT2D eigenvalue weighted by Gasteiger charge is -2.14. The van der Waals surface area contributed by atoms with Crippen LogP contribution >= 0.6 is 0 Å². The van der Waals surface area contributed by atoms with Crippen LogP contribution in [0.15, 0.2) is 36.0 Å². The molecule has 8 nitrogen and oxygen atoms in total. The molecule has 0 spiro atoms. The van der Waals surface area contributed by atoms with Gasteiger partial charge in [0.05, 0.1) is 12.2 Å². The predicted octanol–water partition coefficient (Wildman–Crippen LogP) is 1.81. The zero-order valence-electron chi connectivity index (χ0n) is 15.9. The molecule has 2 amide bonds. The molecule has 0 aromatic heterocycles. The van der Waals surface area contributed by atoms with E-state index in [1.807, 2.05) is 11.0 Å². The van der Waals surface area contributed by atoms with Crippen LogP contribution in [0.3, 0.4) is 0 Å². The van der Waals surface area contributed by atoms with Crippen LogP contribution in [-0.2, 0) is 14.3 Å². The molecule has 1 aromatic rings. The van der Waals surface area contributed by atoms with Crippen LogP contribution in [0, 0.1) is 11.3 Å². The number of nitrogens with one attached hydrogen (secondary N) is 2. The van der Waals surface area contributed by atoms with Gasteiger partial charge in [-0.1, -0.05) is 0 Å². The van der Waals surface area contributed by atoms with E-state index in [4.69, 9.17) is 4.74 Å². The van der Waals surface area contributed by atoms with Gasteiger partial charge in [-0.25, -0.2) is 4.79 Å². The van der Waals surface area contributed by atoms with Crippen molar-refractivity contribution in [1.82, 2.24) is 10.2 Å². The van der Waals surface area contributed by atoms with Crippen LogP contribution < -0.4 is 10.6 Å². The van der Waals surface area contributed by atoms with E-state index in [0.717, 1.165) is 19.4 Å². The Morgan fingerprint density at radius 3 is 2.68 bits per heavy atom. The molecule has 1 aliphatic heterocycles. The molecule has 1 aromatic carbocycles. The van der Waals surface area contributed by atoms with Gasteiger partial charge in [-0.05, 0) is 44.0 Å². The Morgan fingerprint density at radius 2 is 2.07 bits per heavy atom. The third-order valence-corrected chi connectivity index (χ3v) is 4.19. The number of anilines is 1. The summed E-state index contributed by atoms with van der Waals surface area (Å²) in [4.78, 5) is 37.2. The molecule has 2 N–H and O–H groups in total. The van der Waals surface area contributed by atoms with Crippen molar-refractivity contribution in [1.29, 1.82) is 5.26 Å². The van der Waals surface area contributed by atoms with Gasteiger partial charge in [0.15, 0.2) is 0 Å². The number of hydrogen-bond acceptors (Lipinski definition) is 6. The van der Waals surface area contributed by atoms with E-state index in [1.54, 1.807) is 31.2 Å². The fourth-order valence-electron chi connectivity index (χ4n) is 2.74. The van der Waals surface area contributed by atoms with Crippen molar-refractivity contribution in [2.45, 2.75) is 26.2 Å². The van der Waals surface area contributed by atoms with E-state index in [1.165, 1.54) is 6.20 Å². The minimum absolute atomic E-state index is 0.0632. The van der Waals surface area contributed by atoms with Crippen LogP contribution in [0.25, 0.3) is 0 Å². The van der Waals surface area contributed by atoms with Gasteiger partial charge in [0.25, 0.3) is 5.91 Å². The average molecular weight is 384 g/mol. The summed E-state index contributed by atoms with van der Waals surface area (Å²) in [6, 6.07) is 8.08. The van der Waals surface area contributed by atoms with Crippen LogP contribution in [0.5, 0.6) is 0 Å². The minimum atomic E-state index is -0.548. The number of esters is 1. The van der Waals surface area contributed by atoms with E-state index in [2.05, 4.69) is 10.6 Å². The SMILES string of the molecule is CCOC(=O)c1ccc(NC(=O)/C(C#N)=C\NCCCN2CCCC2=O)cc1. The van der Waals surface area contributed by atoms with Crippen molar-refractivity contribution in [2.75, 3.05) is 31.6 Å². The van der Waals surface area contributed by atoms with Gasteiger partial charge in [-0.15, -0.1) is 0 Å². The lowest BCUT2D eigenvalue weighted by atomic mass is 10.2. The average Bonchev–Trinajstić information content (AvgIpc) is 3.10. The summed E-state index contributed by atoms with van der Waals surface area (Å²) < 4.78 is 4.90. The van der Waals surface area contributed by atoms with Crippen molar-refractivity contribution in [3.05, 3.63) is 41.6 Å². The number of likely N-dealkylation sites (tertiary alicyclic amines) is 1. The Kier molecular flexibility index (Phi) is 8.03. The van der Waals surface area contributed by atoms with E-state index < -0.39 is 11.9 Å². The summed E-state index contributed by atoms with van der Waals surface area (Å²) in [7, 11) is 0. The largest absolute Gasteiger partial charge is 0.462 e. The van der Waals surface area contributed by atoms with Crippen LogP contribution in [-0.4, -0.2) is 48.9 Å². The van der Waals surface area contributed by atoms with Gasteiger partial charge in [0.2, 0.25) is 5.91 Å². The van der Waals surface area contributed by atoms with Gasteiger partial charge >= 0.3 is 5.97 Å². The number of amides is 2. The quantitative estimate of drug-likeness (QED) is 0.291. The second-order valence-corrected chi connectivity index (χ2v) is 6.21. The highest BCUT2D eigenvalue weighted by Gasteiger charge is 2.18. The molecule has 28 heavy (non-hydrogen) atoms. The van der Waals surface area contributed by atoms with E-state index >= 15 is 0 Å². The Labute approximate surface area is 164 Å². The van der Waals surface area contributed by atoms with Crippen LogP contribution in [0.4, 0.5) is 5.69 Å². The molecule has 2 rings (SSSR count). The first-order chi connectivity index (χ1) is 13.5. The number of ether oxygens (including phenoxy) is 1. The number of hydrogen-bond donors (Lipinski definition) is 2. The van der Waals surface area contributed by atoms with Gasteiger partial charge in [-0.2, -0.15) is 5.26 Å². The van der Waals surface area contributed by atoms with Crippen molar-refractivity contribution < 1.29 is 19.1 Å². The Morgan fingerprint density at radius 1 is 1.32 bits per heavy atom. The van der Waals surface area contributed by atoms with Crippen LogP contribution in [0.1, 0.15) is 36.5 Å². The molecule has 1 fully saturated rings. The van der Waals surface area contributed by atoms with E-state index in [9.17, 15) is 19.6 Å². The highest BCUT2D eigenvalue weighted by atomic mass is 16.5. The molecule has 1 aliphatic rings. The fraction of sp³-hybridized carbons (Fsp3) is 0.400. The Hall–Kier alpha value is -3.34. The second kappa shape index (κ2) is 10.7. The summed E-state index contributed by atoms with van der Waals surface area (Å²) >= 11 is 0. The molecule has 0 radical (unpaired) electrons. The number of rotatable bonds is 9. The number of carbonyl (C=O) groups excluding carboxylic acids is 3. The number of carbonyl (C=O) groups is 3. The van der Waals surface area contributed by atoms with Crippen molar-refractivity contribution in [2.24, 2.45) is 0 Å². The number of benzene rings is 1. The van der Waals surface area contributed by atoms with Gasteiger partial charge in [0, 0.05) is 37.9 Å². The summed E-state index contributed by atoms with van der Waals surface area (Å²) in [5, 5.41) is 14.7. The van der Waals surface area contributed by atoms with Gasteiger partial charge < -0.3 is 20.3 Å². The number of nitrogens with zero attached hydrogens (tertiary/aromatic N) is 2. The summed E-state index contributed by atoms with van der Waals surface area (Å²) in [6.45, 7) is 4.03. The standard InChI is InChI=1S/C20H24N4O4/c1-2-28-20(27)15-6-8-17(9-7-15)23-19(26)16(13-21)14-22-10-4-12-24-11-3-5-18(24)25/h6-9,14,22H,2-5,10-12H2,1H3,(H,23,26)/b16-14-. The normalized spacial score (nSPS) is 13.8. The van der Waals surface area contributed by atoms with E-state index in [0.29, 0.717) is 30.8 Å². The fourth-order valence-corrected chi connectivity index (χ4v) is 2.74. The maximum absolute atomic E-state index is 12.2. The molecule has 0 unspecified atom stereocenters. The third-order valence-electron chi connectivity index (χ3n) is 4.19. The molecular weight excluding hydrogens is 360 g/mol. The van der Waals surface area contributed by atoms with Crippen molar-refractivity contribution >= 4 is 23.5 Å². The van der Waals surface area contributed by atoms with Gasteiger partial charge in [0.1, 0.15) is 11.6 Å². The summed E-state index contributed by atoms with van der Waals surface area (Å²) in [5.41, 5.74) is 0.785. The first-order valence-electron chi connectivity index (χ1n) is 9.25. The molecule has 0 atom stereocenters. The predicted molar refractivity (Wildman–Crippen MR) is 103 cm³/mol. The smallest absolute Gasteiger partial charge is 0.338 e. The van der Waals surface area contributed by atoms with E-state index in [-0.39, 0.29) is 18.1 Å². The van der Waals surface area contributed by atoms with Crippen molar-refractivity contribution in [3.63, 3.8) is 0 Å². The first kappa shape index (κ1) is 21.0. The topological polar surface area (TPSA) is 112 Å². The number of nitriles is 1.